The number of carbonyl (C=O) groups is 1. The first kappa shape index (κ1) is 18.9. The molecule has 0 saturated carbocycles. The lowest BCUT2D eigenvalue weighted by atomic mass is 9.96. The number of aromatic nitrogens is 4. The molecule has 1 N–H and O–H groups in total. The van der Waals surface area contributed by atoms with E-state index in [0.29, 0.717) is 12.5 Å². The Bertz CT molecular complexity index is 822. The van der Waals surface area contributed by atoms with Gasteiger partial charge in [-0.1, -0.05) is 0 Å². The second-order valence-electron chi connectivity index (χ2n) is 7.70. The zero-order valence-electron chi connectivity index (χ0n) is 16.6. The number of nitrogens with one attached hydrogen (secondary N) is 1. The molecule has 2 saturated heterocycles. The van der Waals surface area contributed by atoms with Crippen LogP contribution in [0.3, 0.4) is 0 Å². The number of hydrogen-bond donors (Lipinski definition) is 1. The van der Waals surface area contributed by atoms with Crippen molar-refractivity contribution in [3.05, 3.63) is 29.7 Å². The summed E-state index contributed by atoms with van der Waals surface area (Å²) in [5.41, 5.74) is 2.01. The van der Waals surface area contributed by atoms with Gasteiger partial charge in [0.25, 0.3) is 0 Å². The Kier molecular flexibility index (Phi) is 5.57. The summed E-state index contributed by atoms with van der Waals surface area (Å²) in [5, 5.41) is 7.56. The van der Waals surface area contributed by atoms with Crippen molar-refractivity contribution in [1.82, 2.24) is 25.1 Å². The van der Waals surface area contributed by atoms with Gasteiger partial charge >= 0.3 is 0 Å². The molecule has 1 amide bonds. The first-order valence-electron chi connectivity index (χ1n) is 10.1. The van der Waals surface area contributed by atoms with E-state index in [0.717, 1.165) is 62.6 Å². The smallest absolute Gasteiger partial charge is 0.227 e. The maximum Gasteiger partial charge on any atom is 0.227 e. The van der Waals surface area contributed by atoms with Crippen molar-refractivity contribution in [1.29, 1.82) is 0 Å². The van der Waals surface area contributed by atoms with Gasteiger partial charge in [-0.15, -0.1) is 0 Å². The topological polar surface area (TPSA) is 85.2 Å². The lowest BCUT2D eigenvalue weighted by molar-refractivity contribution is -0.126. The van der Waals surface area contributed by atoms with Crippen molar-refractivity contribution in [3.63, 3.8) is 0 Å². The molecule has 150 valence electrons. The third-order valence-corrected chi connectivity index (χ3v) is 5.53. The van der Waals surface area contributed by atoms with Crippen LogP contribution in [0.25, 0.3) is 5.82 Å². The summed E-state index contributed by atoms with van der Waals surface area (Å²) in [4.78, 5) is 23.7. The lowest BCUT2D eigenvalue weighted by Gasteiger charge is -2.31. The SMILES string of the molecule is Cc1cc(C)n(-c2ccnc(N3CCC(C(=O)NC[C@H]4CCCO4)CC3)n2)n1. The number of aryl methyl sites for hydroxylation is 2. The molecule has 2 fully saturated rings. The highest BCUT2D eigenvalue weighted by Crippen LogP contribution is 2.22. The van der Waals surface area contributed by atoms with Gasteiger partial charge in [-0.2, -0.15) is 10.1 Å². The Morgan fingerprint density at radius 1 is 1.29 bits per heavy atom. The van der Waals surface area contributed by atoms with Crippen LogP contribution in [0, 0.1) is 19.8 Å². The van der Waals surface area contributed by atoms with Gasteiger partial charge in [-0.05, 0) is 45.6 Å². The fourth-order valence-electron chi connectivity index (χ4n) is 3.98. The molecule has 1 atom stereocenters. The van der Waals surface area contributed by atoms with Crippen molar-refractivity contribution in [2.24, 2.45) is 5.92 Å². The van der Waals surface area contributed by atoms with Crippen molar-refractivity contribution in [2.75, 3.05) is 31.1 Å². The van der Waals surface area contributed by atoms with E-state index >= 15 is 0 Å². The van der Waals surface area contributed by atoms with E-state index in [9.17, 15) is 4.79 Å². The van der Waals surface area contributed by atoms with Gasteiger partial charge in [-0.3, -0.25) is 4.79 Å². The molecular formula is C20H28N6O2. The molecule has 28 heavy (non-hydrogen) atoms. The van der Waals surface area contributed by atoms with Gasteiger partial charge < -0.3 is 15.0 Å². The maximum atomic E-state index is 12.4. The fourth-order valence-corrected chi connectivity index (χ4v) is 3.98. The lowest BCUT2D eigenvalue weighted by Crippen LogP contribution is -2.42. The van der Waals surface area contributed by atoms with Crippen LogP contribution in [0.2, 0.25) is 0 Å². The molecule has 4 heterocycles. The van der Waals surface area contributed by atoms with Crippen molar-refractivity contribution < 1.29 is 9.53 Å². The number of piperidine rings is 1. The molecule has 2 aromatic heterocycles. The molecule has 8 heteroatoms. The standard InChI is InChI=1S/C20H28N6O2/c1-14-12-15(2)26(24-14)18-5-8-21-20(23-18)25-9-6-16(7-10-25)19(27)22-13-17-4-3-11-28-17/h5,8,12,16-17H,3-4,6-7,9-11,13H2,1-2H3,(H,22,27)/t17-/m1/s1. The first-order chi connectivity index (χ1) is 13.6. The van der Waals surface area contributed by atoms with E-state index in [1.807, 2.05) is 30.7 Å². The van der Waals surface area contributed by atoms with E-state index in [-0.39, 0.29) is 17.9 Å². The average Bonchev–Trinajstić information content (AvgIpc) is 3.35. The molecule has 0 aromatic carbocycles. The van der Waals surface area contributed by atoms with Crippen LogP contribution in [-0.2, 0) is 9.53 Å². The predicted molar refractivity (Wildman–Crippen MR) is 106 cm³/mol. The minimum absolute atomic E-state index is 0.0526. The molecule has 2 aromatic rings. The van der Waals surface area contributed by atoms with Crippen LogP contribution >= 0.6 is 0 Å². The second-order valence-corrected chi connectivity index (χ2v) is 7.70. The van der Waals surface area contributed by atoms with Crippen molar-refractivity contribution >= 4 is 11.9 Å². The molecule has 2 aliphatic heterocycles. The van der Waals surface area contributed by atoms with Crippen LogP contribution in [-0.4, -0.2) is 58.0 Å². The van der Waals surface area contributed by atoms with Crippen LogP contribution in [0.4, 0.5) is 5.95 Å². The van der Waals surface area contributed by atoms with Gasteiger partial charge in [0.15, 0.2) is 5.82 Å². The molecule has 0 bridgehead atoms. The van der Waals surface area contributed by atoms with E-state index in [1.165, 1.54) is 0 Å². The predicted octanol–water partition coefficient (Wildman–Crippen LogP) is 1.79. The van der Waals surface area contributed by atoms with E-state index in [1.54, 1.807) is 6.20 Å². The third kappa shape index (κ3) is 4.16. The van der Waals surface area contributed by atoms with Gasteiger partial charge in [0.1, 0.15) is 0 Å². The maximum absolute atomic E-state index is 12.4. The molecule has 0 radical (unpaired) electrons. The monoisotopic (exact) mass is 384 g/mol. The summed E-state index contributed by atoms with van der Waals surface area (Å²) in [6, 6.07) is 3.90. The number of nitrogens with zero attached hydrogens (tertiary/aromatic N) is 5. The second kappa shape index (κ2) is 8.26. The van der Waals surface area contributed by atoms with Crippen LogP contribution < -0.4 is 10.2 Å². The first-order valence-corrected chi connectivity index (χ1v) is 10.1. The zero-order chi connectivity index (χ0) is 19.5. The average molecular weight is 384 g/mol. The van der Waals surface area contributed by atoms with Gasteiger partial charge in [0.05, 0.1) is 11.8 Å². The Morgan fingerprint density at radius 3 is 2.79 bits per heavy atom. The third-order valence-electron chi connectivity index (χ3n) is 5.53. The Labute approximate surface area is 165 Å². The summed E-state index contributed by atoms with van der Waals surface area (Å²) < 4.78 is 7.42. The molecule has 2 aliphatic rings. The van der Waals surface area contributed by atoms with Crippen LogP contribution in [0.15, 0.2) is 18.3 Å². The quantitative estimate of drug-likeness (QED) is 0.846. The minimum Gasteiger partial charge on any atom is -0.376 e. The normalized spacial score (nSPS) is 20.5. The summed E-state index contributed by atoms with van der Waals surface area (Å²) in [5.74, 6) is 1.67. The van der Waals surface area contributed by atoms with Crippen molar-refractivity contribution in [3.8, 4) is 5.82 Å². The number of amides is 1. The largest absolute Gasteiger partial charge is 0.376 e. The summed E-state index contributed by atoms with van der Waals surface area (Å²) in [6.45, 7) is 6.99. The Hall–Kier alpha value is -2.48. The summed E-state index contributed by atoms with van der Waals surface area (Å²) in [6.07, 6.45) is 5.72. The number of rotatable bonds is 5. The van der Waals surface area contributed by atoms with E-state index in [4.69, 9.17) is 9.72 Å². The summed E-state index contributed by atoms with van der Waals surface area (Å²) >= 11 is 0. The van der Waals surface area contributed by atoms with Gasteiger partial charge in [-0.25, -0.2) is 9.67 Å². The highest BCUT2D eigenvalue weighted by atomic mass is 16.5. The zero-order valence-corrected chi connectivity index (χ0v) is 16.6. The number of carbonyl (C=O) groups excluding carboxylic acids is 1. The fraction of sp³-hybridized carbons (Fsp3) is 0.600. The van der Waals surface area contributed by atoms with Gasteiger partial charge in [0, 0.05) is 50.1 Å². The number of anilines is 1. The molecule has 0 unspecified atom stereocenters. The molecule has 0 aliphatic carbocycles. The summed E-state index contributed by atoms with van der Waals surface area (Å²) in [7, 11) is 0. The number of ether oxygens (including phenoxy) is 1. The van der Waals surface area contributed by atoms with Crippen molar-refractivity contribution in [2.45, 2.75) is 45.6 Å². The minimum atomic E-state index is 0.0526. The van der Waals surface area contributed by atoms with E-state index in [2.05, 4.69) is 20.3 Å². The highest BCUT2D eigenvalue weighted by Gasteiger charge is 2.27. The van der Waals surface area contributed by atoms with E-state index < -0.39 is 0 Å². The van der Waals surface area contributed by atoms with Crippen LogP contribution in [0.1, 0.15) is 37.1 Å². The Morgan fingerprint density at radius 2 is 2.11 bits per heavy atom. The van der Waals surface area contributed by atoms with Gasteiger partial charge in [0.2, 0.25) is 11.9 Å². The highest BCUT2D eigenvalue weighted by molar-refractivity contribution is 5.79. The number of hydrogen-bond acceptors (Lipinski definition) is 6. The molecule has 8 nitrogen and oxygen atoms in total. The molecular weight excluding hydrogens is 356 g/mol. The Balaban J connectivity index is 1.34. The molecule has 0 spiro atoms. The van der Waals surface area contributed by atoms with Crippen LogP contribution in [0.5, 0.6) is 0 Å². The molecule has 4 rings (SSSR count).